The Morgan fingerprint density at radius 2 is 1.67 bits per heavy atom. The van der Waals surface area contributed by atoms with E-state index < -0.39 is 0 Å². The molecule has 72 valence electrons. The van der Waals surface area contributed by atoms with Crippen molar-refractivity contribution in [1.29, 1.82) is 0 Å². The Balaban J connectivity index is -0.000000270. The van der Waals surface area contributed by atoms with Gasteiger partial charge in [0.2, 0.25) is 0 Å². The Morgan fingerprint density at radius 3 is 2.08 bits per heavy atom. The first-order valence-corrected chi connectivity index (χ1v) is 2.76. The highest BCUT2D eigenvalue weighted by Gasteiger charge is 1.84. The minimum Gasteiger partial charge on any atom is -0.271 e. The van der Waals surface area contributed by atoms with E-state index >= 15 is 0 Å². The molecule has 0 saturated carbocycles. The lowest BCUT2D eigenvalue weighted by atomic mass is 10.3. The quantitative estimate of drug-likeness (QED) is 0.597. The molecule has 0 atom stereocenters. The number of hydrazine groups is 1. The van der Waals surface area contributed by atoms with E-state index in [9.17, 15) is 0 Å². The van der Waals surface area contributed by atoms with Gasteiger partial charge in [-0.05, 0) is 17.7 Å². The normalized spacial score (nSPS) is 7.08. The van der Waals surface area contributed by atoms with Crippen molar-refractivity contribution in [3.8, 4) is 0 Å². The summed E-state index contributed by atoms with van der Waals surface area (Å²) in [5.74, 6) is 5.09. The van der Waals surface area contributed by atoms with Crippen molar-refractivity contribution >= 4 is 37.2 Å². The zero-order chi connectivity index (χ0) is 6.53. The lowest BCUT2D eigenvalue weighted by Crippen LogP contribution is -2.20. The molecule has 0 aliphatic heterocycles. The second-order valence-corrected chi connectivity index (χ2v) is 1.74. The zero-order valence-electron chi connectivity index (χ0n) is 6.27. The smallest absolute Gasteiger partial charge is 0.0349 e. The van der Waals surface area contributed by atoms with E-state index in [1.54, 1.807) is 12.4 Å². The largest absolute Gasteiger partial charge is 0.271 e. The van der Waals surface area contributed by atoms with E-state index in [4.69, 9.17) is 5.84 Å². The van der Waals surface area contributed by atoms with E-state index in [0.717, 1.165) is 5.56 Å². The van der Waals surface area contributed by atoms with Gasteiger partial charge in [0.15, 0.2) is 0 Å². The van der Waals surface area contributed by atoms with Gasteiger partial charge in [-0.3, -0.25) is 16.3 Å². The number of aromatic nitrogens is 1. The molecule has 0 radical (unpaired) electrons. The molecular formula is C6H12Cl3N3. The molecule has 3 nitrogen and oxygen atoms in total. The fourth-order valence-electron chi connectivity index (χ4n) is 0.618. The number of rotatable bonds is 2. The van der Waals surface area contributed by atoms with Crippen LogP contribution >= 0.6 is 37.2 Å². The van der Waals surface area contributed by atoms with Gasteiger partial charge in [-0.15, -0.1) is 37.2 Å². The van der Waals surface area contributed by atoms with Crippen LogP contribution in [0, 0.1) is 0 Å². The number of nitrogens with two attached hydrogens (primary N) is 1. The van der Waals surface area contributed by atoms with Gasteiger partial charge in [-0.2, -0.15) is 0 Å². The monoisotopic (exact) mass is 231 g/mol. The number of pyridine rings is 1. The van der Waals surface area contributed by atoms with E-state index in [1.165, 1.54) is 0 Å². The molecule has 0 aliphatic carbocycles. The van der Waals surface area contributed by atoms with Crippen LogP contribution in [-0.2, 0) is 6.54 Å². The highest BCUT2D eigenvalue weighted by Crippen LogP contribution is 1.92. The first-order valence-electron chi connectivity index (χ1n) is 2.76. The molecule has 6 heteroatoms. The van der Waals surface area contributed by atoms with Crippen molar-refractivity contribution in [1.82, 2.24) is 10.4 Å². The standard InChI is InChI=1S/C6H9N3.3ClH/c7-9-5-6-1-3-8-4-2-6;;;/h1-4,9H,5,7H2;3*1H. The van der Waals surface area contributed by atoms with E-state index in [0.29, 0.717) is 6.54 Å². The van der Waals surface area contributed by atoms with Crippen molar-refractivity contribution in [3.63, 3.8) is 0 Å². The zero-order valence-corrected chi connectivity index (χ0v) is 8.72. The summed E-state index contributed by atoms with van der Waals surface area (Å²) in [6, 6.07) is 3.83. The summed E-state index contributed by atoms with van der Waals surface area (Å²) in [5.41, 5.74) is 3.70. The lowest BCUT2D eigenvalue weighted by molar-refractivity contribution is 0.740. The summed E-state index contributed by atoms with van der Waals surface area (Å²) in [4.78, 5) is 3.86. The molecule has 1 heterocycles. The average molecular weight is 233 g/mol. The number of nitrogens with zero attached hydrogens (tertiary/aromatic N) is 1. The summed E-state index contributed by atoms with van der Waals surface area (Å²) < 4.78 is 0. The van der Waals surface area contributed by atoms with Gasteiger partial charge >= 0.3 is 0 Å². The highest BCUT2D eigenvalue weighted by molar-refractivity contribution is 5.86. The van der Waals surface area contributed by atoms with Gasteiger partial charge in [0.05, 0.1) is 0 Å². The summed E-state index contributed by atoms with van der Waals surface area (Å²) >= 11 is 0. The number of hydrogen-bond acceptors (Lipinski definition) is 3. The maximum atomic E-state index is 5.09. The summed E-state index contributed by atoms with van der Waals surface area (Å²) in [6.07, 6.45) is 3.49. The van der Waals surface area contributed by atoms with Gasteiger partial charge in [0, 0.05) is 18.9 Å². The summed E-state index contributed by atoms with van der Waals surface area (Å²) in [7, 11) is 0. The van der Waals surface area contributed by atoms with Gasteiger partial charge in [0.25, 0.3) is 0 Å². The molecule has 0 spiro atoms. The molecule has 3 N–H and O–H groups in total. The third-order valence-electron chi connectivity index (χ3n) is 1.06. The van der Waals surface area contributed by atoms with Crippen LogP contribution in [-0.4, -0.2) is 4.98 Å². The molecule has 0 saturated heterocycles. The van der Waals surface area contributed by atoms with Gasteiger partial charge in [0.1, 0.15) is 0 Å². The lowest BCUT2D eigenvalue weighted by Gasteiger charge is -1.95. The Labute approximate surface area is 90.3 Å². The SMILES string of the molecule is Cl.Cl.Cl.NNCc1ccncc1. The molecule has 12 heavy (non-hydrogen) atoms. The van der Waals surface area contributed by atoms with Crippen LogP contribution in [0.2, 0.25) is 0 Å². The maximum Gasteiger partial charge on any atom is 0.0349 e. The fourth-order valence-corrected chi connectivity index (χ4v) is 0.618. The molecule has 0 unspecified atom stereocenters. The predicted octanol–water partition coefficient (Wildman–Crippen LogP) is 1.31. The van der Waals surface area contributed by atoms with Crippen LogP contribution in [0.15, 0.2) is 24.5 Å². The number of nitrogens with one attached hydrogen (secondary N) is 1. The molecule has 0 aliphatic rings. The molecule has 0 amide bonds. The minimum absolute atomic E-state index is 0. The summed E-state index contributed by atoms with van der Waals surface area (Å²) in [6.45, 7) is 0.697. The second kappa shape index (κ2) is 10.9. The van der Waals surface area contributed by atoms with Crippen molar-refractivity contribution in [2.45, 2.75) is 6.54 Å². The Bertz CT molecular complexity index is 171. The molecule has 0 aromatic carbocycles. The first-order chi connectivity index (χ1) is 4.43. The topological polar surface area (TPSA) is 50.9 Å². The van der Waals surface area contributed by atoms with Crippen LogP contribution < -0.4 is 11.3 Å². The van der Waals surface area contributed by atoms with E-state index in [-0.39, 0.29) is 37.2 Å². The van der Waals surface area contributed by atoms with Crippen molar-refractivity contribution in [2.75, 3.05) is 0 Å². The Hall–Kier alpha value is -0.0600. The van der Waals surface area contributed by atoms with Gasteiger partial charge in [-0.1, -0.05) is 0 Å². The summed E-state index contributed by atoms with van der Waals surface area (Å²) in [5, 5.41) is 0. The molecule has 0 fully saturated rings. The Kier molecular flexibility index (Phi) is 16.3. The average Bonchev–Trinajstić information content (AvgIpc) is 1.91. The maximum absolute atomic E-state index is 5.09. The van der Waals surface area contributed by atoms with Crippen LogP contribution in [0.3, 0.4) is 0 Å². The van der Waals surface area contributed by atoms with Crippen LogP contribution in [0.1, 0.15) is 5.56 Å². The van der Waals surface area contributed by atoms with Crippen LogP contribution in [0.5, 0.6) is 0 Å². The third-order valence-corrected chi connectivity index (χ3v) is 1.06. The van der Waals surface area contributed by atoms with Crippen molar-refractivity contribution < 1.29 is 0 Å². The molecule has 1 aromatic rings. The molecular weight excluding hydrogens is 220 g/mol. The van der Waals surface area contributed by atoms with Gasteiger partial charge in [-0.25, -0.2) is 0 Å². The second-order valence-electron chi connectivity index (χ2n) is 1.74. The first kappa shape index (κ1) is 17.9. The molecule has 1 aromatic heterocycles. The van der Waals surface area contributed by atoms with Crippen LogP contribution in [0.4, 0.5) is 0 Å². The number of hydrogen-bond donors (Lipinski definition) is 2. The highest BCUT2D eigenvalue weighted by atomic mass is 35.5. The number of halogens is 3. The molecule has 0 bridgehead atoms. The fraction of sp³-hybridized carbons (Fsp3) is 0.167. The van der Waals surface area contributed by atoms with Crippen molar-refractivity contribution in [2.24, 2.45) is 5.84 Å². The van der Waals surface area contributed by atoms with E-state index in [2.05, 4.69) is 10.4 Å². The molecule has 1 rings (SSSR count). The predicted molar refractivity (Wildman–Crippen MR) is 57.0 cm³/mol. The Morgan fingerprint density at radius 1 is 1.17 bits per heavy atom. The van der Waals surface area contributed by atoms with Gasteiger partial charge < -0.3 is 0 Å². The van der Waals surface area contributed by atoms with E-state index in [1.807, 2.05) is 12.1 Å². The van der Waals surface area contributed by atoms with Crippen LogP contribution in [0.25, 0.3) is 0 Å². The third kappa shape index (κ3) is 6.64. The van der Waals surface area contributed by atoms with Crippen molar-refractivity contribution in [3.05, 3.63) is 30.1 Å². The minimum atomic E-state index is 0.